The summed E-state index contributed by atoms with van der Waals surface area (Å²) in [6.07, 6.45) is 0. The van der Waals surface area contributed by atoms with Gasteiger partial charge in [0.05, 0.1) is 5.56 Å². The lowest BCUT2D eigenvalue weighted by Gasteiger charge is -1.94. The van der Waals surface area contributed by atoms with E-state index in [1.807, 2.05) is 25.1 Å². The molecule has 66 valence electrons. The molecule has 1 aromatic heterocycles. The molecule has 0 unspecified atom stereocenters. The molecule has 0 saturated heterocycles. The van der Waals surface area contributed by atoms with E-state index in [1.165, 1.54) is 0 Å². The Morgan fingerprint density at radius 3 is 2.92 bits per heavy atom. The van der Waals surface area contributed by atoms with Gasteiger partial charge in [0.25, 0.3) is 5.24 Å². The molecule has 0 aliphatic carbocycles. The van der Waals surface area contributed by atoms with Gasteiger partial charge in [-0.25, -0.2) is 0 Å². The van der Waals surface area contributed by atoms with Crippen LogP contribution in [0.15, 0.2) is 23.6 Å². The van der Waals surface area contributed by atoms with Gasteiger partial charge in [-0.3, -0.25) is 4.79 Å². The summed E-state index contributed by atoms with van der Waals surface area (Å²) < 4.78 is 1.11. The van der Waals surface area contributed by atoms with E-state index in [0.717, 1.165) is 15.6 Å². The summed E-state index contributed by atoms with van der Waals surface area (Å²) in [5, 5.41) is 2.39. The van der Waals surface area contributed by atoms with Gasteiger partial charge in [0.1, 0.15) is 0 Å². The zero-order valence-electron chi connectivity index (χ0n) is 7.00. The smallest absolute Gasteiger partial charge is 0.253 e. The second-order valence-corrected chi connectivity index (χ2v) is 4.18. The molecule has 0 aliphatic rings. The fourth-order valence-corrected chi connectivity index (χ4v) is 2.44. The van der Waals surface area contributed by atoms with Gasteiger partial charge in [-0.15, -0.1) is 11.3 Å². The Labute approximate surface area is 84.9 Å². The van der Waals surface area contributed by atoms with Gasteiger partial charge in [-0.05, 0) is 30.7 Å². The Balaban J connectivity index is 2.79. The van der Waals surface area contributed by atoms with Crippen LogP contribution in [0.2, 0.25) is 0 Å². The zero-order chi connectivity index (χ0) is 9.42. The molecule has 0 N–H and O–H groups in total. The first-order valence-electron chi connectivity index (χ1n) is 3.86. The molecular weight excluding hydrogens is 204 g/mol. The summed E-state index contributed by atoms with van der Waals surface area (Å²) in [5.74, 6) is 0. The summed E-state index contributed by atoms with van der Waals surface area (Å²) in [6, 6.07) is 6.03. The van der Waals surface area contributed by atoms with E-state index in [2.05, 4.69) is 0 Å². The maximum atomic E-state index is 11.0. The zero-order valence-corrected chi connectivity index (χ0v) is 8.58. The maximum Gasteiger partial charge on any atom is 0.253 e. The van der Waals surface area contributed by atoms with E-state index in [1.54, 1.807) is 16.7 Å². The highest BCUT2D eigenvalue weighted by molar-refractivity contribution is 7.17. The first-order chi connectivity index (χ1) is 6.18. The third-order valence-corrected chi connectivity index (χ3v) is 3.11. The van der Waals surface area contributed by atoms with Gasteiger partial charge >= 0.3 is 0 Å². The van der Waals surface area contributed by atoms with E-state index in [9.17, 15) is 4.79 Å². The van der Waals surface area contributed by atoms with Crippen LogP contribution in [0.25, 0.3) is 10.1 Å². The summed E-state index contributed by atoms with van der Waals surface area (Å²) in [7, 11) is 0. The number of benzene rings is 1. The minimum atomic E-state index is -0.378. The van der Waals surface area contributed by atoms with Gasteiger partial charge in [-0.1, -0.05) is 11.6 Å². The van der Waals surface area contributed by atoms with Crippen molar-refractivity contribution in [1.29, 1.82) is 0 Å². The average molecular weight is 211 g/mol. The second-order valence-electron chi connectivity index (χ2n) is 2.92. The van der Waals surface area contributed by atoms with Crippen molar-refractivity contribution in [3.8, 4) is 0 Å². The SMILES string of the molecule is Cc1ccc2scc(C(=O)Cl)c2c1. The van der Waals surface area contributed by atoms with Crippen LogP contribution in [0, 0.1) is 6.92 Å². The Kier molecular flexibility index (Phi) is 2.10. The molecule has 2 rings (SSSR count). The number of halogens is 1. The normalized spacial score (nSPS) is 10.6. The average Bonchev–Trinajstić information content (AvgIpc) is 2.46. The fourth-order valence-electron chi connectivity index (χ4n) is 1.30. The third-order valence-electron chi connectivity index (χ3n) is 1.94. The highest BCUT2D eigenvalue weighted by atomic mass is 35.5. The predicted octanol–water partition coefficient (Wildman–Crippen LogP) is 3.59. The quantitative estimate of drug-likeness (QED) is 0.658. The van der Waals surface area contributed by atoms with Crippen molar-refractivity contribution < 1.29 is 4.79 Å². The molecule has 1 heterocycles. The number of rotatable bonds is 1. The van der Waals surface area contributed by atoms with Crippen LogP contribution >= 0.6 is 22.9 Å². The molecule has 3 heteroatoms. The van der Waals surface area contributed by atoms with Crippen molar-refractivity contribution in [3.63, 3.8) is 0 Å². The lowest BCUT2D eigenvalue weighted by Crippen LogP contribution is -1.84. The Morgan fingerprint density at radius 1 is 1.46 bits per heavy atom. The maximum absolute atomic E-state index is 11.0. The molecule has 0 saturated carbocycles. The van der Waals surface area contributed by atoms with Crippen LogP contribution in [-0.2, 0) is 0 Å². The number of thiophene rings is 1. The number of fused-ring (bicyclic) bond motifs is 1. The predicted molar refractivity (Wildman–Crippen MR) is 56.7 cm³/mol. The molecule has 1 aromatic carbocycles. The van der Waals surface area contributed by atoms with Crippen molar-refractivity contribution >= 4 is 38.3 Å². The highest BCUT2D eigenvalue weighted by Crippen LogP contribution is 2.27. The summed E-state index contributed by atoms with van der Waals surface area (Å²) in [4.78, 5) is 11.0. The minimum Gasteiger partial charge on any atom is -0.276 e. The Hall–Kier alpha value is -0.860. The second kappa shape index (κ2) is 3.13. The molecule has 2 aromatic rings. The summed E-state index contributed by atoms with van der Waals surface area (Å²) >= 11 is 6.99. The van der Waals surface area contributed by atoms with Crippen molar-refractivity contribution in [2.24, 2.45) is 0 Å². The number of carbonyl (C=O) groups is 1. The molecule has 0 aliphatic heterocycles. The molecule has 0 amide bonds. The van der Waals surface area contributed by atoms with Crippen LogP contribution in [0.1, 0.15) is 15.9 Å². The van der Waals surface area contributed by atoms with Crippen LogP contribution in [0.5, 0.6) is 0 Å². The van der Waals surface area contributed by atoms with Gasteiger partial charge in [-0.2, -0.15) is 0 Å². The molecule has 1 nitrogen and oxygen atoms in total. The van der Waals surface area contributed by atoms with E-state index in [0.29, 0.717) is 5.56 Å². The number of carbonyl (C=O) groups excluding carboxylic acids is 1. The fraction of sp³-hybridized carbons (Fsp3) is 0.100. The molecular formula is C10H7ClOS. The Bertz CT molecular complexity index is 473. The lowest BCUT2D eigenvalue weighted by atomic mass is 10.1. The largest absolute Gasteiger partial charge is 0.276 e. The third kappa shape index (κ3) is 1.47. The minimum absolute atomic E-state index is 0.378. The topological polar surface area (TPSA) is 17.1 Å². The van der Waals surface area contributed by atoms with E-state index in [4.69, 9.17) is 11.6 Å². The molecule has 0 radical (unpaired) electrons. The molecule has 0 atom stereocenters. The number of aryl methyl sites for hydroxylation is 1. The Morgan fingerprint density at radius 2 is 2.23 bits per heavy atom. The van der Waals surface area contributed by atoms with Crippen molar-refractivity contribution in [2.45, 2.75) is 6.92 Å². The molecule has 0 spiro atoms. The van der Waals surface area contributed by atoms with Crippen LogP contribution in [0.4, 0.5) is 0 Å². The van der Waals surface area contributed by atoms with E-state index >= 15 is 0 Å². The van der Waals surface area contributed by atoms with Gasteiger partial charge < -0.3 is 0 Å². The van der Waals surface area contributed by atoms with Crippen LogP contribution in [-0.4, -0.2) is 5.24 Å². The molecule has 0 fully saturated rings. The lowest BCUT2D eigenvalue weighted by molar-refractivity contribution is 0.108. The number of hydrogen-bond donors (Lipinski definition) is 0. The van der Waals surface area contributed by atoms with Gasteiger partial charge in [0.2, 0.25) is 0 Å². The van der Waals surface area contributed by atoms with Crippen molar-refractivity contribution in [2.75, 3.05) is 0 Å². The van der Waals surface area contributed by atoms with Crippen LogP contribution < -0.4 is 0 Å². The van der Waals surface area contributed by atoms with Crippen LogP contribution in [0.3, 0.4) is 0 Å². The van der Waals surface area contributed by atoms with Gasteiger partial charge in [0, 0.05) is 15.5 Å². The standard InChI is InChI=1S/C10H7ClOS/c1-6-2-3-9-7(4-6)8(5-13-9)10(11)12/h2-5H,1H3. The van der Waals surface area contributed by atoms with E-state index in [-0.39, 0.29) is 5.24 Å². The van der Waals surface area contributed by atoms with Crippen molar-refractivity contribution in [1.82, 2.24) is 0 Å². The summed E-state index contributed by atoms with van der Waals surface area (Å²) in [5.41, 5.74) is 1.76. The highest BCUT2D eigenvalue weighted by Gasteiger charge is 2.08. The van der Waals surface area contributed by atoms with Gasteiger partial charge in [0.15, 0.2) is 0 Å². The first-order valence-corrected chi connectivity index (χ1v) is 5.12. The number of hydrogen-bond acceptors (Lipinski definition) is 2. The molecule has 13 heavy (non-hydrogen) atoms. The monoisotopic (exact) mass is 210 g/mol. The summed E-state index contributed by atoms with van der Waals surface area (Å²) in [6.45, 7) is 2.00. The first kappa shape index (κ1) is 8.73. The van der Waals surface area contributed by atoms with Crippen molar-refractivity contribution in [3.05, 3.63) is 34.7 Å². The van der Waals surface area contributed by atoms with E-state index < -0.39 is 0 Å². The molecule has 0 bridgehead atoms.